The van der Waals surface area contributed by atoms with E-state index in [2.05, 4.69) is 10.6 Å². The van der Waals surface area contributed by atoms with E-state index in [4.69, 9.17) is 10.2 Å². The number of carbonyl (C=O) groups excluding carboxylic acids is 1. The highest BCUT2D eigenvalue weighted by atomic mass is 16.4. The number of carboxylic acid groups (broad SMARTS) is 1. The summed E-state index contributed by atoms with van der Waals surface area (Å²) < 4.78 is 0. The second-order valence-electron chi connectivity index (χ2n) is 5.20. The lowest BCUT2D eigenvalue weighted by Crippen LogP contribution is -2.43. The predicted molar refractivity (Wildman–Crippen MR) is 80.5 cm³/mol. The lowest BCUT2D eigenvalue weighted by Gasteiger charge is -2.18. The Labute approximate surface area is 124 Å². The molecule has 0 spiro atoms. The molecule has 0 fully saturated rings. The summed E-state index contributed by atoms with van der Waals surface area (Å²) in [5.74, 6) is -0.944. The molecule has 1 unspecified atom stereocenters. The SMILES string of the molecule is Cc1cccc(C(C)C)c1NC(=O)NC(CCO)C(=O)O. The van der Waals surface area contributed by atoms with Crippen LogP contribution in [0.25, 0.3) is 0 Å². The third-order valence-electron chi connectivity index (χ3n) is 3.19. The van der Waals surface area contributed by atoms with Gasteiger partial charge in [-0.3, -0.25) is 0 Å². The summed E-state index contributed by atoms with van der Waals surface area (Å²) in [5.41, 5.74) is 2.59. The predicted octanol–water partition coefficient (Wildman–Crippen LogP) is 2.08. The second kappa shape index (κ2) is 7.64. The van der Waals surface area contributed by atoms with Crippen molar-refractivity contribution >= 4 is 17.7 Å². The molecule has 0 saturated carbocycles. The number of amides is 2. The van der Waals surface area contributed by atoms with Gasteiger partial charge in [0, 0.05) is 18.7 Å². The summed E-state index contributed by atoms with van der Waals surface area (Å²) in [6.45, 7) is 5.61. The van der Waals surface area contributed by atoms with Crippen LogP contribution in [0.4, 0.5) is 10.5 Å². The number of aliphatic carboxylic acids is 1. The van der Waals surface area contributed by atoms with Crippen LogP contribution in [0.3, 0.4) is 0 Å². The molecule has 116 valence electrons. The van der Waals surface area contributed by atoms with Crippen LogP contribution >= 0.6 is 0 Å². The van der Waals surface area contributed by atoms with Crippen molar-refractivity contribution < 1.29 is 19.8 Å². The molecular weight excluding hydrogens is 272 g/mol. The Morgan fingerprint density at radius 2 is 1.95 bits per heavy atom. The third kappa shape index (κ3) is 4.75. The standard InChI is InChI=1S/C15H22N2O4/c1-9(2)11-6-4-5-10(3)13(11)17-15(21)16-12(7-8-18)14(19)20/h4-6,9,12,18H,7-8H2,1-3H3,(H,19,20)(H2,16,17,21). The number of aliphatic hydroxyl groups is 1. The highest BCUT2D eigenvalue weighted by Crippen LogP contribution is 2.27. The second-order valence-corrected chi connectivity index (χ2v) is 5.20. The van der Waals surface area contributed by atoms with E-state index < -0.39 is 18.0 Å². The maximum absolute atomic E-state index is 12.0. The first-order valence-electron chi connectivity index (χ1n) is 6.87. The van der Waals surface area contributed by atoms with Crippen molar-refractivity contribution in [1.29, 1.82) is 0 Å². The largest absolute Gasteiger partial charge is 0.480 e. The Morgan fingerprint density at radius 1 is 1.29 bits per heavy atom. The van der Waals surface area contributed by atoms with Gasteiger partial charge in [-0.1, -0.05) is 32.0 Å². The molecule has 2 amide bonds. The lowest BCUT2D eigenvalue weighted by molar-refractivity contribution is -0.139. The Balaban J connectivity index is 2.86. The van der Waals surface area contributed by atoms with Gasteiger partial charge in [0.1, 0.15) is 6.04 Å². The van der Waals surface area contributed by atoms with E-state index in [9.17, 15) is 9.59 Å². The van der Waals surface area contributed by atoms with Gasteiger partial charge in [-0.25, -0.2) is 9.59 Å². The molecule has 0 aliphatic carbocycles. The quantitative estimate of drug-likeness (QED) is 0.645. The smallest absolute Gasteiger partial charge is 0.326 e. The summed E-state index contributed by atoms with van der Waals surface area (Å²) in [5, 5.41) is 22.8. The molecule has 4 N–H and O–H groups in total. The van der Waals surface area contributed by atoms with Crippen LogP contribution < -0.4 is 10.6 Å². The molecular formula is C15H22N2O4. The van der Waals surface area contributed by atoms with E-state index in [0.29, 0.717) is 5.69 Å². The van der Waals surface area contributed by atoms with Crippen molar-refractivity contribution in [2.45, 2.75) is 39.2 Å². The van der Waals surface area contributed by atoms with E-state index in [0.717, 1.165) is 11.1 Å². The number of hydrogen-bond donors (Lipinski definition) is 4. The minimum Gasteiger partial charge on any atom is -0.480 e. The zero-order valence-corrected chi connectivity index (χ0v) is 12.5. The van der Waals surface area contributed by atoms with Gasteiger partial charge in [0.2, 0.25) is 0 Å². The van der Waals surface area contributed by atoms with Crippen LogP contribution in [-0.2, 0) is 4.79 Å². The molecule has 0 radical (unpaired) electrons. The van der Waals surface area contributed by atoms with E-state index in [1.165, 1.54) is 0 Å². The van der Waals surface area contributed by atoms with Crippen molar-refractivity contribution in [3.05, 3.63) is 29.3 Å². The molecule has 1 atom stereocenters. The van der Waals surface area contributed by atoms with E-state index in [1.54, 1.807) is 0 Å². The molecule has 0 aliphatic rings. The number of carbonyl (C=O) groups is 2. The van der Waals surface area contributed by atoms with Crippen LogP contribution in [0, 0.1) is 6.92 Å². The first kappa shape index (κ1) is 17.0. The Morgan fingerprint density at radius 3 is 2.48 bits per heavy atom. The number of aliphatic hydroxyl groups excluding tert-OH is 1. The fourth-order valence-electron chi connectivity index (χ4n) is 2.04. The summed E-state index contributed by atoms with van der Waals surface area (Å²) >= 11 is 0. The van der Waals surface area contributed by atoms with Gasteiger partial charge in [-0.15, -0.1) is 0 Å². The van der Waals surface area contributed by atoms with Crippen molar-refractivity contribution in [2.75, 3.05) is 11.9 Å². The molecule has 6 heteroatoms. The zero-order valence-electron chi connectivity index (χ0n) is 12.5. The monoisotopic (exact) mass is 294 g/mol. The van der Waals surface area contributed by atoms with Crippen LogP contribution in [0.1, 0.15) is 37.3 Å². The van der Waals surface area contributed by atoms with Gasteiger partial charge in [-0.2, -0.15) is 0 Å². The first-order chi connectivity index (χ1) is 9.86. The van der Waals surface area contributed by atoms with Crippen molar-refractivity contribution in [3.63, 3.8) is 0 Å². The Hall–Kier alpha value is -2.08. The molecule has 0 saturated heterocycles. The number of aryl methyl sites for hydroxylation is 1. The van der Waals surface area contributed by atoms with Gasteiger partial charge < -0.3 is 20.8 Å². The van der Waals surface area contributed by atoms with E-state index in [1.807, 2.05) is 39.0 Å². The number of para-hydroxylation sites is 1. The molecule has 1 rings (SSSR count). The number of nitrogens with one attached hydrogen (secondary N) is 2. The van der Waals surface area contributed by atoms with Crippen LogP contribution in [0.15, 0.2) is 18.2 Å². The third-order valence-corrected chi connectivity index (χ3v) is 3.19. The first-order valence-corrected chi connectivity index (χ1v) is 6.87. The van der Waals surface area contributed by atoms with Gasteiger partial charge in [0.15, 0.2) is 0 Å². The zero-order chi connectivity index (χ0) is 16.0. The van der Waals surface area contributed by atoms with Crippen molar-refractivity contribution in [2.24, 2.45) is 0 Å². The minimum absolute atomic E-state index is 0.0342. The number of carboxylic acids is 1. The minimum atomic E-state index is -1.17. The number of rotatable bonds is 6. The number of hydrogen-bond acceptors (Lipinski definition) is 3. The van der Waals surface area contributed by atoms with Crippen LogP contribution in [-0.4, -0.2) is 34.9 Å². The number of benzene rings is 1. The normalized spacial score (nSPS) is 12.0. The Bertz CT molecular complexity index is 514. The molecule has 0 heterocycles. The summed E-state index contributed by atoms with van der Waals surface area (Å²) in [4.78, 5) is 22.9. The topological polar surface area (TPSA) is 98.7 Å². The summed E-state index contributed by atoms with van der Waals surface area (Å²) in [7, 11) is 0. The van der Waals surface area contributed by atoms with Gasteiger partial charge >= 0.3 is 12.0 Å². The van der Waals surface area contributed by atoms with E-state index in [-0.39, 0.29) is 18.9 Å². The molecule has 0 aliphatic heterocycles. The molecule has 1 aromatic rings. The highest BCUT2D eigenvalue weighted by Gasteiger charge is 2.20. The molecule has 0 aromatic heterocycles. The summed E-state index contributed by atoms with van der Waals surface area (Å²) in [6.07, 6.45) is -0.0342. The van der Waals surface area contributed by atoms with E-state index >= 15 is 0 Å². The summed E-state index contributed by atoms with van der Waals surface area (Å²) in [6, 6.07) is 4.02. The lowest BCUT2D eigenvalue weighted by atomic mass is 9.98. The van der Waals surface area contributed by atoms with Crippen LogP contribution in [0.5, 0.6) is 0 Å². The molecule has 6 nitrogen and oxygen atoms in total. The Kier molecular flexibility index (Phi) is 6.17. The maximum Gasteiger partial charge on any atom is 0.326 e. The van der Waals surface area contributed by atoms with Crippen LogP contribution in [0.2, 0.25) is 0 Å². The average molecular weight is 294 g/mol. The maximum atomic E-state index is 12.0. The van der Waals surface area contributed by atoms with Crippen molar-refractivity contribution in [3.8, 4) is 0 Å². The molecule has 0 bridgehead atoms. The van der Waals surface area contributed by atoms with Gasteiger partial charge in [0.25, 0.3) is 0 Å². The number of urea groups is 1. The molecule has 21 heavy (non-hydrogen) atoms. The number of anilines is 1. The fourth-order valence-corrected chi connectivity index (χ4v) is 2.04. The van der Waals surface area contributed by atoms with Gasteiger partial charge in [-0.05, 0) is 24.0 Å². The average Bonchev–Trinajstić information content (AvgIpc) is 2.40. The highest BCUT2D eigenvalue weighted by molar-refractivity contribution is 5.93. The molecule has 1 aromatic carbocycles. The van der Waals surface area contributed by atoms with Gasteiger partial charge in [0.05, 0.1) is 0 Å². The fraction of sp³-hybridized carbons (Fsp3) is 0.467. The van der Waals surface area contributed by atoms with Crippen molar-refractivity contribution in [1.82, 2.24) is 5.32 Å².